The summed E-state index contributed by atoms with van der Waals surface area (Å²) >= 11 is 1.40. The molecular formula is C12H16N4O2S. The first-order valence-electron chi connectivity index (χ1n) is 6.03. The molecule has 0 aliphatic heterocycles. The lowest BCUT2D eigenvalue weighted by Gasteiger charge is -2.04. The summed E-state index contributed by atoms with van der Waals surface area (Å²) in [6.07, 6.45) is 2.70. The zero-order chi connectivity index (χ0) is 13.7. The smallest absolute Gasteiger partial charge is 0.360 e. The van der Waals surface area contributed by atoms with Gasteiger partial charge in [-0.3, -0.25) is 4.68 Å². The number of ether oxygens (including phenoxy) is 1. The fraction of sp³-hybridized carbons (Fsp3) is 0.417. The lowest BCUT2D eigenvalue weighted by molar-refractivity contribution is 0.0521. The van der Waals surface area contributed by atoms with Crippen molar-refractivity contribution in [3.63, 3.8) is 0 Å². The standard InChI is InChI=1S/C12H16N4O2S/c1-3-18-12(17)10-11(19-8-14-10)13-6-4-9-5-7-16(2)15-9/h5,7-8,13H,3-4,6H2,1-2H3. The van der Waals surface area contributed by atoms with Crippen LogP contribution >= 0.6 is 11.3 Å². The predicted octanol–water partition coefficient (Wildman–Crippen LogP) is 1.71. The quantitative estimate of drug-likeness (QED) is 0.816. The van der Waals surface area contributed by atoms with Gasteiger partial charge in [0.25, 0.3) is 0 Å². The second-order valence-corrected chi connectivity index (χ2v) is 4.76. The van der Waals surface area contributed by atoms with Crippen LogP contribution in [0.4, 0.5) is 5.00 Å². The predicted molar refractivity (Wildman–Crippen MR) is 73.5 cm³/mol. The van der Waals surface area contributed by atoms with E-state index in [1.165, 1.54) is 11.3 Å². The van der Waals surface area contributed by atoms with Crippen molar-refractivity contribution in [2.45, 2.75) is 13.3 Å². The van der Waals surface area contributed by atoms with Crippen molar-refractivity contribution in [1.82, 2.24) is 14.8 Å². The van der Waals surface area contributed by atoms with E-state index in [0.29, 0.717) is 18.8 Å². The van der Waals surface area contributed by atoms with Crippen molar-refractivity contribution < 1.29 is 9.53 Å². The molecule has 2 aromatic rings. The molecule has 0 saturated heterocycles. The molecular weight excluding hydrogens is 264 g/mol. The van der Waals surface area contributed by atoms with Gasteiger partial charge in [0.2, 0.25) is 0 Å². The van der Waals surface area contributed by atoms with Gasteiger partial charge >= 0.3 is 5.97 Å². The molecule has 0 spiro atoms. The molecule has 0 aromatic carbocycles. The SMILES string of the molecule is CCOC(=O)c1ncsc1NCCc1ccn(C)n1. The molecule has 6 nitrogen and oxygen atoms in total. The number of esters is 1. The van der Waals surface area contributed by atoms with Crippen molar-refractivity contribution in [2.75, 3.05) is 18.5 Å². The summed E-state index contributed by atoms with van der Waals surface area (Å²) in [4.78, 5) is 15.7. The Labute approximate surface area is 115 Å². The van der Waals surface area contributed by atoms with Gasteiger partial charge in [0.05, 0.1) is 17.8 Å². The Morgan fingerprint density at radius 3 is 3.11 bits per heavy atom. The lowest BCUT2D eigenvalue weighted by atomic mass is 10.3. The Balaban J connectivity index is 1.89. The van der Waals surface area contributed by atoms with Gasteiger partial charge in [0.15, 0.2) is 5.69 Å². The Bertz CT molecular complexity index is 549. The number of hydrogen-bond donors (Lipinski definition) is 1. The molecule has 0 atom stereocenters. The summed E-state index contributed by atoms with van der Waals surface area (Å²) in [6, 6.07) is 1.97. The van der Waals surface area contributed by atoms with Crippen LogP contribution in [0, 0.1) is 0 Å². The van der Waals surface area contributed by atoms with E-state index in [9.17, 15) is 4.79 Å². The largest absolute Gasteiger partial charge is 0.461 e. The third-order valence-electron chi connectivity index (χ3n) is 2.47. The van der Waals surface area contributed by atoms with E-state index in [1.54, 1.807) is 17.1 Å². The minimum atomic E-state index is -0.385. The van der Waals surface area contributed by atoms with Gasteiger partial charge < -0.3 is 10.1 Å². The van der Waals surface area contributed by atoms with Gasteiger partial charge in [-0.05, 0) is 13.0 Å². The summed E-state index contributed by atoms with van der Waals surface area (Å²) in [6.45, 7) is 2.83. The number of nitrogens with one attached hydrogen (secondary N) is 1. The number of rotatable bonds is 6. The van der Waals surface area contributed by atoms with Crippen LogP contribution in [0.1, 0.15) is 23.1 Å². The zero-order valence-electron chi connectivity index (χ0n) is 10.9. The maximum atomic E-state index is 11.6. The van der Waals surface area contributed by atoms with Crippen LogP contribution in [-0.4, -0.2) is 33.9 Å². The number of aryl methyl sites for hydroxylation is 1. The maximum Gasteiger partial charge on any atom is 0.360 e. The fourth-order valence-electron chi connectivity index (χ4n) is 1.62. The molecule has 102 valence electrons. The second-order valence-electron chi connectivity index (χ2n) is 3.91. The van der Waals surface area contributed by atoms with E-state index in [4.69, 9.17) is 4.74 Å². The number of carbonyl (C=O) groups is 1. The van der Waals surface area contributed by atoms with E-state index in [0.717, 1.165) is 17.1 Å². The zero-order valence-corrected chi connectivity index (χ0v) is 11.7. The number of thiazole rings is 1. The Morgan fingerprint density at radius 1 is 1.58 bits per heavy atom. The van der Waals surface area contributed by atoms with Crippen LogP contribution in [0.3, 0.4) is 0 Å². The first kappa shape index (κ1) is 13.5. The number of hydrogen-bond acceptors (Lipinski definition) is 6. The molecule has 0 unspecified atom stereocenters. The Kier molecular flexibility index (Phi) is 4.51. The maximum absolute atomic E-state index is 11.6. The Morgan fingerprint density at radius 2 is 2.42 bits per heavy atom. The molecule has 0 fully saturated rings. The van der Waals surface area contributed by atoms with E-state index in [2.05, 4.69) is 15.4 Å². The molecule has 2 heterocycles. The molecule has 0 aliphatic carbocycles. The van der Waals surface area contributed by atoms with E-state index in [-0.39, 0.29) is 5.97 Å². The summed E-state index contributed by atoms with van der Waals surface area (Å²) in [7, 11) is 1.89. The summed E-state index contributed by atoms with van der Waals surface area (Å²) < 4.78 is 6.71. The molecule has 0 bridgehead atoms. The lowest BCUT2D eigenvalue weighted by Crippen LogP contribution is -2.11. The summed E-state index contributed by atoms with van der Waals surface area (Å²) in [5.74, 6) is -0.385. The van der Waals surface area contributed by atoms with Crippen molar-refractivity contribution in [1.29, 1.82) is 0 Å². The average Bonchev–Trinajstić information content (AvgIpc) is 2.99. The number of aromatic nitrogens is 3. The highest BCUT2D eigenvalue weighted by Crippen LogP contribution is 2.20. The molecule has 2 aromatic heterocycles. The highest BCUT2D eigenvalue weighted by Gasteiger charge is 2.15. The number of nitrogens with zero attached hydrogens (tertiary/aromatic N) is 3. The highest BCUT2D eigenvalue weighted by molar-refractivity contribution is 7.14. The first-order valence-corrected chi connectivity index (χ1v) is 6.91. The average molecular weight is 280 g/mol. The minimum Gasteiger partial charge on any atom is -0.461 e. The van der Waals surface area contributed by atoms with Crippen LogP contribution in [0.5, 0.6) is 0 Å². The third kappa shape index (κ3) is 3.54. The topological polar surface area (TPSA) is 69.0 Å². The van der Waals surface area contributed by atoms with Crippen LogP contribution in [0.15, 0.2) is 17.8 Å². The molecule has 0 radical (unpaired) electrons. The Hall–Kier alpha value is -1.89. The first-order chi connectivity index (χ1) is 9.20. The molecule has 2 rings (SSSR count). The van der Waals surface area contributed by atoms with Crippen LogP contribution < -0.4 is 5.32 Å². The van der Waals surface area contributed by atoms with Gasteiger partial charge in [-0.15, -0.1) is 11.3 Å². The molecule has 0 saturated carbocycles. The molecule has 1 N–H and O–H groups in total. The second kappa shape index (κ2) is 6.33. The summed E-state index contributed by atoms with van der Waals surface area (Å²) in [5, 5.41) is 8.23. The van der Waals surface area contributed by atoms with Crippen molar-refractivity contribution in [2.24, 2.45) is 7.05 Å². The number of anilines is 1. The van der Waals surface area contributed by atoms with E-state index < -0.39 is 0 Å². The van der Waals surface area contributed by atoms with E-state index in [1.807, 2.05) is 19.3 Å². The molecule has 0 aliphatic rings. The molecule has 0 amide bonds. The van der Waals surface area contributed by atoms with Crippen molar-refractivity contribution in [3.05, 3.63) is 29.2 Å². The van der Waals surface area contributed by atoms with Crippen molar-refractivity contribution in [3.8, 4) is 0 Å². The normalized spacial score (nSPS) is 10.4. The van der Waals surface area contributed by atoms with E-state index >= 15 is 0 Å². The van der Waals surface area contributed by atoms with Crippen LogP contribution in [0.2, 0.25) is 0 Å². The highest BCUT2D eigenvalue weighted by atomic mass is 32.1. The molecule has 7 heteroatoms. The van der Waals surface area contributed by atoms with Crippen molar-refractivity contribution >= 4 is 22.3 Å². The monoisotopic (exact) mass is 280 g/mol. The van der Waals surface area contributed by atoms with Gasteiger partial charge in [-0.25, -0.2) is 9.78 Å². The summed E-state index contributed by atoms with van der Waals surface area (Å²) in [5.41, 5.74) is 3.00. The minimum absolute atomic E-state index is 0.351. The third-order valence-corrected chi connectivity index (χ3v) is 3.26. The fourth-order valence-corrected chi connectivity index (χ4v) is 2.31. The van der Waals surface area contributed by atoms with Gasteiger partial charge in [-0.1, -0.05) is 0 Å². The van der Waals surface area contributed by atoms with Gasteiger partial charge in [-0.2, -0.15) is 5.10 Å². The van der Waals surface area contributed by atoms with Crippen LogP contribution in [-0.2, 0) is 18.2 Å². The van der Waals surface area contributed by atoms with Crippen LogP contribution in [0.25, 0.3) is 0 Å². The molecule has 19 heavy (non-hydrogen) atoms. The van der Waals surface area contributed by atoms with Gasteiger partial charge in [0, 0.05) is 26.2 Å². The number of carbonyl (C=O) groups excluding carboxylic acids is 1. The van der Waals surface area contributed by atoms with Gasteiger partial charge in [0.1, 0.15) is 5.00 Å².